The van der Waals surface area contributed by atoms with Gasteiger partial charge in [0.1, 0.15) is 5.60 Å². The first-order valence-corrected chi connectivity index (χ1v) is 8.24. The Labute approximate surface area is 139 Å². The number of nitrogens with one attached hydrogen (secondary N) is 1. The van der Waals surface area contributed by atoms with Gasteiger partial charge in [0.25, 0.3) is 0 Å². The second kappa shape index (κ2) is 6.09. The number of carbonyl (C=O) groups excluding carboxylic acids is 2. The van der Waals surface area contributed by atoms with Gasteiger partial charge in [-0.1, -0.05) is 35.7 Å². The van der Waals surface area contributed by atoms with Crippen LogP contribution in [0.2, 0.25) is 10.0 Å². The lowest BCUT2D eigenvalue weighted by molar-refractivity contribution is -0.153. The Hall–Kier alpha value is -1.26. The third kappa shape index (κ3) is 2.82. The summed E-state index contributed by atoms with van der Waals surface area (Å²) in [7, 11) is 0. The molecule has 1 amide bonds. The predicted octanol–water partition coefficient (Wildman–Crippen LogP) is 4.20. The van der Waals surface area contributed by atoms with Crippen LogP contribution in [0.3, 0.4) is 0 Å². The molecule has 1 spiro atoms. The summed E-state index contributed by atoms with van der Waals surface area (Å²) in [6.07, 6.45) is 4.67. The van der Waals surface area contributed by atoms with Crippen molar-refractivity contribution in [2.75, 3.05) is 5.32 Å². The van der Waals surface area contributed by atoms with Crippen LogP contribution in [-0.2, 0) is 14.3 Å². The molecule has 118 valence electrons. The molecule has 22 heavy (non-hydrogen) atoms. The second-order valence-corrected chi connectivity index (χ2v) is 6.76. The molecule has 1 aliphatic heterocycles. The Morgan fingerprint density at radius 2 is 1.82 bits per heavy atom. The van der Waals surface area contributed by atoms with Crippen LogP contribution >= 0.6 is 23.2 Å². The largest absolute Gasteiger partial charge is 0.458 e. The smallest absolute Gasteiger partial charge is 0.307 e. The molecular formula is C16H17Cl2NO3. The number of hydrogen-bond donors (Lipinski definition) is 1. The summed E-state index contributed by atoms with van der Waals surface area (Å²) >= 11 is 12.2. The number of carbonyl (C=O) groups is 2. The number of anilines is 1. The van der Waals surface area contributed by atoms with Crippen molar-refractivity contribution in [3.05, 3.63) is 28.2 Å². The molecule has 2 fully saturated rings. The molecule has 1 saturated carbocycles. The van der Waals surface area contributed by atoms with Crippen LogP contribution in [0.15, 0.2) is 18.2 Å². The summed E-state index contributed by atoms with van der Waals surface area (Å²) in [6, 6.07) is 5.04. The predicted molar refractivity (Wildman–Crippen MR) is 85.1 cm³/mol. The Bertz CT molecular complexity index is 591. The van der Waals surface area contributed by atoms with E-state index in [-0.39, 0.29) is 18.3 Å². The van der Waals surface area contributed by atoms with Gasteiger partial charge in [-0.25, -0.2) is 0 Å². The number of rotatable bonds is 2. The van der Waals surface area contributed by atoms with Gasteiger partial charge in [0.15, 0.2) is 0 Å². The first-order chi connectivity index (χ1) is 10.5. The molecule has 3 rings (SSSR count). The highest BCUT2D eigenvalue weighted by Gasteiger charge is 2.52. The van der Waals surface area contributed by atoms with Gasteiger partial charge in [-0.05, 0) is 37.8 Å². The van der Waals surface area contributed by atoms with Crippen LogP contribution in [0, 0.1) is 5.92 Å². The number of hydrogen-bond acceptors (Lipinski definition) is 3. The average Bonchev–Trinajstić information content (AvgIpc) is 2.80. The molecule has 0 radical (unpaired) electrons. The van der Waals surface area contributed by atoms with Gasteiger partial charge in [-0.2, -0.15) is 0 Å². The number of ether oxygens (including phenoxy) is 1. The minimum atomic E-state index is -0.646. The van der Waals surface area contributed by atoms with Crippen molar-refractivity contribution >= 4 is 40.8 Å². The summed E-state index contributed by atoms with van der Waals surface area (Å²) in [6.45, 7) is 0. The number of halogens is 2. The first-order valence-electron chi connectivity index (χ1n) is 7.48. The lowest BCUT2D eigenvalue weighted by Crippen LogP contribution is -2.43. The minimum Gasteiger partial charge on any atom is -0.458 e. The number of para-hydroxylation sites is 1. The van der Waals surface area contributed by atoms with E-state index in [1.54, 1.807) is 18.2 Å². The van der Waals surface area contributed by atoms with Gasteiger partial charge in [0.05, 0.1) is 28.1 Å². The second-order valence-electron chi connectivity index (χ2n) is 5.94. The van der Waals surface area contributed by atoms with E-state index in [0.29, 0.717) is 15.7 Å². The summed E-state index contributed by atoms with van der Waals surface area (Å²) < 4.78 is 5.56. The molecule has 1 aromatic rings. The standard InChI is InChI=1S/C16H17Cl2NO3/c17-11-5-4-6-12(18)14(11)19-15(21)10-9-13(20)22-16(10)7-2-1-3-8-16/h4-6,10H,1-3,7-9H2,(H,19,21)/t10-/m1/s1. The zero-order valence-corrected chi connectivity index (χ0v) is 13.5. The Kier molecular flexibility index (Phi) is 4.33. The fourth-order valence-corrected chi connectivity index (χ4v) is 3.94. The molecule has 6 heteroatoms. The fourth-order valence-electron chi connectivity index (χ4n) is 3.45. The summed E-state index contributed by atoms with van der Waals surface area (Å²) in [5, 5.41) is 3.53. The van der Waals surface area contributed by atoms with E-state index < -0.39 is 11.5 Å². The van der Waals surface area contributed by atoms with Crippen molar-refractivity contribution in [2.24, 2.45) is 5.92 Å². The van der Waals surface area contributed by atoms with Crippen LogP contribution in [-0.4, -0.2) is 17.5 Å². The molecule has 0 bridgehead atoms. The maximum absolute atomic E-state index is 12.7. The van der Waals surface area contributed by atoms with Crippen molar-refractivity contribution in [1.29, 1.82) is 0 Å². The molecule has 1 N–H and O–H groups in total. The molecular weight excluding hydrogens is 325 g/mol. The van der Waals surface area contributed by atoms with E-state index in [1.807, 2.05) is 0 Å². The highest BCUT2D eigenvalue weighted by atomic mass is 35.5. The topological polar surface area (TPSA) is 55.4 Å². The third-order valence-corrected chi connectivity index (χ3v) is 5.18. The third-order valence-electron chi connectivity index (χ3n) is 4.55. The van der Waals surface area contributed by atoms with Gasteiger partial charge < -0.3 is 10.1 Å². The highest BCUT2D eigenvalue weighted by molar-refractivity contribution is 6.39. The summed E-state index contributed by atoms with van der Waals surface area (Å²) in [5.74, 6) is -1.03. The zero-order valence-electron chi connectivity index (χ0n) is 12.0. The van der Waals surface area contributed by atoms with E-state index in [0.717, 1.165) is 32.1 Å². The molecule has 1 aliphatic carbocycles. The van der Waals surface area contributed by atoms with Crippen molar-refractivity contribution < 1.29 is 14.3 Å². The summed E-state index contributed by atoms with van der Waals surface area (Å²) in [5.41, 5.74) is -0.256. The minimum absolute atomic E-state index is 0.119. The van der Waals surface area contributed by atoms with E-state index in [4.69, 9.17) is 27.9 Å². The van der Waals surface area contributed by atoms with Crippen molar-refractivity contribution in [2.45, 2.75) is 44.1 Å². The Balaban J connectivity index is 1.83. The van der Waals surface area contributed by atoms with Gasteiger partial charge in [0.2, 0.25) is 5.91 Å². The van der Waals surface area contributed by atoms with E-state index in [9.17, 15) is 9.59 Å². The normalized spacial score (nSPS) is 23.4. The number of benzene rings is 1. The van der Waals surface area contributed by atoms with Crippen LogP contribution < -0.4 is 5.32 Å². The van der Waals surface area contributed by atoms with E-state index >= 15 is 0 Å². The Morgan fingerprint density at radius 1 is 1.18 bits per heavy atom. The molecule has 1 aromatic carbocycles. The molecule has 2 aliphatic rings. The number of esters is 1. The maximum Gasteiger partial charge on any atom is 0.307 e. The zero-order chi connectivity index (χ0) is 15.7. The molecule has 1 saturated heterocycles. The Morgan fingerprint density at radius 3 is 2.45 bits per heavy atom. The first kappa shape index (κ1) is 15.6. The lowest BCUT2D eigenvalue weighted by atomic mass is 9.75. The highest BCUT2D eigenvalue weighted by Crippen LogP contribution is 2.45. The van der Waals surface area contributed by atoms with Gasteiger partial charge in [-0.15, -0.1) is 0 Å². The maximum atomic E-state index is 12.7. The van der Waals surface area contributed by atoms with Crippen LogP contribution in [0.25, 0.3) is 0 Å². The van der Waals surface area contributed by atoms with E-state index in [2.05, 4.69) is 5.32 Å². The van der Waals surface area contributed by atoms with Gasteiger partial charge >= 0.3 is 5.97 Å². The molecule has 1 atom stereocenters. The fraction of sp³-hybridized carbons (Fsp3) is 0.500. The quantitative estimate of drug-likeness (QED) is 0.820. The van der Waals surface area contributed by atoms with Crippen LogP contribution in [0.1, 0.15) is 38.5 Å². The molecule has 0 aromatic heterocycles. The van der Waals surface area contributed by atoms with Gasteiger partial charge in [0, 0.05) is 0 Å². The van der Waals surface area contributed by atoms with Crippen molar-refractivity contribution in [1.82, 2.24) is 0 Å². The SMILES string of the molecule is O=C1C[C@H](C(=O)Nc2c(Cl)cccc2Cl)C2(CCCCC2)O1. The van der Waals surface area contributed by atoms with Crippen LogP contribution in [0.5, 0.6) is 0 Å². The van der Waals surface area contributed by atoms with Crippen LogP contribution in [0.4, 0.5) is 5.69 Å². The van der Waals surface area contributed by atoms with E-state index in [1.165, 1.54) is 0 Å². The lowest BCUT2D eigenvalue weighted by Gasteiger charge is -2.36. The molecule has 1 heterocycles. The average molecular weight is 342 g/mol. The van der Waals surface area contributed by atoms with Crippen molar-refractivity contribution in [3.63, 3.8) is 0 Å². The molecule has 4 nitrogen and oxygen atoms in total. The molecule has 0 unspecified atom stereocenters. The monoisotopic (exact) mass is 341 g/mol. The van der Waals surface area contributed by atoms with Gasteiger partial charge in [-0.3, -0.25) is 9.59 Å². The number of amides is 1. The van der Waals surface area contributed by atoms with Crippen molar-refractivity contribution in [3.8, 4) is 0 Å². The summed E-state index contributed by atoms with van der Waals surface area (Å²) in [4.78, 5) is 24.4.